The van der Waals surface area contributed by atoms with Crippen LogP contribution in [0.4, 0.5) is 0 Å². The van der Waals surface area contributed by atoms with E-state index in [0.29, 0.717) is 31.0 Å². The highest BCUT2D eigenvalue weighted by atomic mass is 16.5. The van der Waals surface area contributed by atoms with Gasteiger partial charge in [0.15, 0.2) is 0 Å². The fraction of sp³-hybridized carbons (Fsp3) is 0.682. The molecule has 1 saturated heterocycles. The standard InChI is InChI=1S/C22H33NO3/c1-25-22(24)11-6-17-4-9-21(10-5-17)26-16-18-2-7-19(8-3-18)20-12-14-23-15-13-20/h2-3,7-8,17,20-21,23H,4-6,9-16H2,1H3. The third kappa shape index (κ3) is 5.82. The van der Waals surface area contributed by atoms with Crippen molar-refractivity contribution in [2.45, 2.75) is 70.0 Å². The van der Waals surface area contributed by atoms with Crippen molar-refractivity contribution >= 4 is 5.97 Å². The molecule has 1 saturated carbocycles. The second-order valence-electron chi connectivity index (χ2n) is 7.83. The maximum atomic E-state index is 11.3. The zero-order valence-electron chi connectivity index (χ0n) is 16.0. The minimum absolute atomic E-state index is 0.0867. The first-order valence-corrected chi connectivity index (χ1v) is 10.2. The molecular formula is C22H33NO3. The van der Waals surface area contributed by atoms with Gasteiger partial charge >= 0.3 is 5.97 Å². The maximum Gasteiger partial charge on any atom is 0.305 e. The lowest BCUT2D eigenvalue weighted by Crippen LogP contribution is -2.26. The number of rotatable bonds is 7. The Labute approximate surface area is 157 Å². The van der Waals surface area contributed by atoms with E-state index in [0.717, 1.165) is 45.2 Å². The van der Waals surface area contributed by atoms with Crippen LogP contribution in [0.2, 0.25) is 0 Å². The van der Waals surface area contributed by atoms with E-state index < -0.39 is 0 Å². The van der Waals surface area contributed by atoms with Crippen LogP contribution in [0.25, 0.3) is 0 Å². The van der Waals surface area contributed by atoms with Crippen molar-refractivity contribution in [2.24, 2.45) is 5.92 Å². The van der Waals surface area contributed by atoms with E-state index in [9.17, 15) is 4.79 Å². The Kier molecular flexibility index (Phi) is 7.51. The Bertz CT molecular complexity index is 543. The van der Waals surface area contributed by atoms with Gasteiger partial charge in [-0.2, -0.15) is 0 Å². The Hall–Kier alpha value is -1.39. The molecule has 4 heteroatoms. The van der Waals surface area contributed by atoms with Gasteiger partial charge in [-0.25, -0.2) is 0 Å². The van der Waals surface area contributed by atoms with Crippen molar-refractivity contribution in [2.75, 3.05) is 20.2 Å². The number of hydrogen-bond donors (Lipinski definition) is 1. The van der Waals surface area contributed by atoms with Crippen molar-refractivity contribution in [3.05, 3.63) is 35.4 Å². The third-order valence-corrected chi connectivity index (χ3v) is 6.05. The molecule has 0 spiro atoms. The van der Waals surface area contributed by atoms with Gasteiger partial charge in [0, 0.05) is 6.42 Å². The molecule has 144 valence electrons. The van der Waals surface area contributed by atoms with Crippen LogP contribution in [-0.2, 0) is 20.9 Å². The number of carbonyl (C=O) groups is 1. The molecule has 0 aromatic heterocycles. The highest BCUT2D eigenvalue weighted by Gasteiger charge is 2.22. The molecule has 1 N–H and O–H groups in total. The number of nitrogens with one attached hydrogen (secondary N) is 1. The quantitative estimate of drug-likeness (QED) is 0.742. The summed E-state index contributed by atoms with van der Waals surface area (Å²) in [5.74, 6) is 1.28. The van der Waals surface area contributed by atoms with Crippen LogP contribution in [0, 0.1) is 5.92 Å². The first-order valence-electron chi connectivity index (χ1n) is 10.2. The van der Waals surface area contributed by atoms with E-state index in [1.165, 1.54) is 31.1 Å². The van der Waals surface area contributed by atoms with Gasteiger partial charge in [-0.1, -0.05) is 24.3 Å². The van der Waals surface area contributed by atoms with Crippen LogP contribution in [0.1, 0.15) is 68.4 Å². The SMILES string of the molecule is COC(=O)CCC1CCC(OCc2ccc(C3CCNCC3)cc2)CC1. The number of piperidine rings is 1. The van der Waals surface area contributed by atoms with Gasteiger partial charge in [0.05, 0.1) is 19.8 Å². The molecule has 1 aromatic carbocycles. The van der Waals surface area contributed by atoms with Crippen LogP contribution < -0.4 is 5.32 Å². The van der Waals surface area contributed by atoms with Crippen molar-refractivity contribution < 1.29 is 14.3 Å². The summed E-state index contributed by atoms with van der Waals surface area (Å²) in [6.07, 6.45) is 8.91. The van der Waals surface area contributed by atoms with E-state index in [4.69, 9.17) is 9.47 Å². The Morgan fingerprint density at radius 2 is 1.73 bits per heavy atom. The minimum Gasteiger partial charge on any atom is -0.469 e. The zero-order chi connectivity index (χ0) is 18.2. The second-order valence-corrected chi connectivity index (χ2v) is 7.83. The van der Waals surface area contributed by atoms with Crippen molar-refractivity contribution in [3.63, 3.8) is 0 Å². The Morgan fingerprint density at radius 1 is 1.04 bits per heavy atom. The largest absolute Gasteiger partial charge is 0.469 e. The second kappa shape index (κ2) is 10.1. The summed E-state index contributed by atoms with van der Waals surface area (Å²) < 4.78 is 10.9. The normalized spacial score (nSPS) is 24.3. The van der Waals surface area contributed by atoms with E-state index in [1.807, 2.05) is 0 Å². The molecule has 1 aromatic rings. The summed E-state index contributed by atoms with van der Waals surface area (Å²) in [6, 6.07) is 9.05. The number of hydrogen-bond acceptors (Lipinski definition) is 4. The highest BCUT2D eigenvalue weighted by molar-refractivity contribution is 5.69. The van der Waals surface area contributed by atoms with Gasteiger partial charge in [-0.3, -0.25) is 4.79 Å². The van der Waals surface area contributed by atoms with Crippen LogP contribution in [-0.4, -0.2) is 32.3 Å². The summed E-state index contributed by atoms with van der Waals surface area (Å²) in [5.41, 5.74) is 2.75. The third-order valence-electron chi connectivity index (χ3n) is 6.05. The number of carbonyl (C=O) groups excluding carboxylic acids is 1. The average Bonchev–Trinajstić information content (AvgIpc) is 2.72. The molecule has 2 fully saturated rings. The molecule has 0 amide bonds. The van der Waals surface area contributed by atoms with Crippen molar-refractivity contribution in [1.82, 2.24) is 5.32 Å². The Balaban J connectivity index is 1.36. The van der Waals surface area contributed by atoms with Gasteiger partial charge in [-0.05, 0) is 81.0 Å². The average molecular weight is 360 g/mol. The van der Waals surface area contributed by atoms with Crippen molar-refractivity contribution in [3.8, 4) is 0 Å². The summed E-state index contributed by atoms with van der Waals surface area (Å²) in [4.78, 5) is 11.3. The fourth-order valence-electron chi connectivity index (χ4n) is 4.27. The Morgan fingerprint density at radius 3 is 2.38 bits per heavy atom. The first-order chi connectivity index (χ1) is 12.7. The van der Waals surface area contributed by atoms with Gasteiger partial charge in [0.25, 0.3) is 0 Å². The van der Waals surface area contributed by atoms with Gasteiger partial charge < -0.3 is 14.8 Å². The molecule has 26 heavy (non-hydrogen) atoms. The van der Waals surface area contributed by atoms with Gasteiger partial charge in [0.2, 0.25) is 0 Å². The van der Waals surface area contributed by atoms with Crippen LogP contribution in [0.5, 0.6) is 0 Å². The van der Waals surface area contributed by atoms with E-state index in [1.54, 1.807) is 0 Å². The van der Waals surface area contributed by atoms with E-state index >= 15 is 0 Å². The van der Waals surface area contributed by atoms with E-state index in [2.05, 4.69) is 29.6 Å². The number of methoxy groups -OCH3 is 1. The smallest absolute Gasteiger partial charge is 0.305 e. The monoisotopic (exact) mass is 359 g/mol. The zero-order valence-corrected chi connectivity index (χ0v) is 16.0. The molecular weight excluding hydrogens is 326 g/mol. The van der Waals surface area contributed by atoms with Crippen molar-refractivity contribution in [1.29, 1.82) is 0 Å². The molecule has 1 aliphatic carbocycles. The van der Waals surface area contributed by atoms with Gasteiger partial charge in [-0.15, -0.1) is 0 Å². The molecule has 1 heterocycles. The molecule has 0 unspecified atom stereocenters. The topological polar surface area (TPSA) is 47.6 Å². The molecule has 2 aliphatic rings. The predicted molar refractivity (Wildman–Crippen MR) is 103 cm³/mol. The summed E-state index contributed by atoms with van der Waals surface area (Å²) >= 11 is 0. The number of ether oxygens (including phenoxy) is 2. The lowest BCUT2D eigenvalue weighted by molar-refractivity contribution is -0.141. The summed E-state index contributed by atoms with van der Waals surface area (Å²) in [6.45, 7) is 2.99. The highest BCUT2D eigenvalue weighted by Crippen LogP contribution is 2.30. The molecule has 0 bridgehead atoms. The molecule has 0 radical (unpaired) electrons. The number of esters is 1. The van der Waals surface area contributed by atoms with Gasteiger partial charge in [0.1, 0.15) is 0 Å². The lowest BCUT2D eigenvalue weighted by Gasteiger charge is -2.28. The maximum absolute atomic E-state index is 11.3. The number of benzene rings is 1. The van der Waals surface area contributed by atoms with E-state index in [-0.39, 0.29) is 5.97 Å². The predicted octanol–water partition coefficient (Wildman–Crippen LogP) is 4.18. The van der Waals surface area contributed by atoms with Crippen LogP contribution >= 0.6 is 0 Å². The molecule has 1 aliphatic heterocycles. The molecule has 4 nitrogen and oxygen atoms in total. The summed E-state index contributed by atoms with van der Waals surface area (Å²) in [5, 5.41) is 3.43. The lowest BCUT2D eigenvalue weighted by atomic mass is 9.84. The fourth-order valence-corrected chi connectivity index (χ4v) is 4.27. The molecule has 0 atom stereocenters. The summed E-state index contributed by atoms with van der Waals surface area (Å²) in [7, 11) is 1.46. The van der Waals surface area contributed by atoms with Crippen LogP contribution in [0.3, 0.4) is 0 Å². The van der Waals surface area contributed by atoms with Crippen LogP contribution in [0.15, 0.2) is 24.3 Å². The minimum atomic E-state index is -0.0867. The molecule has 3 rings (SSSR count). The first kappa shape index (κ1) is 19.4.